The highest BCUT2D eigenvalue weighted by Crippen LogP contribution is 2.14. The zero-order valence-corrected chi connectivity index (χ0v) is 11.5. The quantitative estimate of drug-likeness (QED) is 0.639. The van der Waals surface area contributed by atoms with Crippen molar-refractivity contribution in [2.24, 2.45) is 0 Å². The molecule has 17 heavy (non-hydrogen) atoms. The van der Waals surface area contributed by atoms with Gasteiger partial charge in [-0.1, -0.05) is 31.8 Å². The van der Waals surface area contributed by atoms with Gasteiger partial charge in [-0.05, 0) is 12.8 Å². The van der Waals surface area contributed by atoms with Gasteiger partial charge < -0.3 is 9.32 Å². The Morgan fingerprint density at radius 3 is 2.29 bits per heavy atom. The lowest BCUT2D eigenvalue weighted by Crippen LogP contribution is -2.25. The molecule has 0 unspecified atom stereocenters. The summed E-state index contributed by atoms with van der Waals surface area (Å²) in [5.74, 6) is 1.15. The zero-order chi connectivity index (χ0) is 12.5. The van der Waals surface area contributed by atoms with Gasteiger partial charge in [0, 0.05) is 25.4 Å². The van der Waals surface area contributed by atoms with Gasteiger partial charge in [0.05, 0.1) is 0 Å². The number of unbranched alkanes of at least 4 members (excludes halogenated alkanes) is 2. The number of aryl methyl sites for hydroxylation is 1. The Morgan fingerprint density at radius 1 is 1.12 bits per heavy atom. The predicted octanol–water partition coefficient (Wildman–Crippen LogP) is 3.26. The summed E-state index contributed by atoms with van der Waals surface area (Å²) in [7, 11) is 0. The first-order valence-electron chi connectivity index (χ1n) is 6.45. The van der Waals surface area contributed by atoms with Crippen LogP contribution in [0.5, 0.6) is 0 Å². The minimum absolute atomic E-state index is 0.519. The average Bonchev–Trinajstić information content (AvgIpc) is 2.78. The van der Waals surface area contributed by atoms with Crippen molar-refractivity contribution >= 4 is 17.6 Å². The van der Waals surface area contributed by atoms with E-state index in [4.69, 9.17) is 16.0 Å². The molecule has 98 valence electrons. The molecule has 0 aliphatic rings. The summed E-state index contributed by atoms with van der Waals surface area (Å²) in [6.07, 6.45) is 5.29. The lowest BCUT2D eigenvalue weighted by atomic mass is 10.3. The molecule has 0 bridgehead atoms. The standard InChI is InChI=1S/C12H22ClN3O/c1-3-5-9-16(10-6-4-2)12-15-14-11(17-12)7-8-13/h3-10H2,1-2H3. The molecule has 1 rings (SSSR count). The molecule has 0 aliphatic carbocycles. The maximum Gasteiger partial charge on any atom is 0.318 e. The molecule has 0 aromatic carbocycles. The van der Waals surface area contributed by atoms with Crippen LogP contribution in [-0.2, 0) is 6.42 Å². The summed E-state index contributed by atoms with van der Waals surface area (Å²) in [4.78, 5) is 2.18. The fraction of sp³-hybridized carbons (Fsp3) is 0.833. The van der Waals surface area contributed by atoms with E-state index in [9.17, 15) is 0 Å². The molecule has 4 nitrogen and oxygen atoms in total. The first kappa shape index (κ1) is 14.3. The van der Waals surface area contributed by atoms with Crippen LogP contribution in [0.25, 0.3) is 0 Å². The second-order valence-electron chi connectivity index (χ2n) is 4.11. The molecular formula is C12H22ClN3O. The first-order chi connectivity index (χ1) is 8.31. The SMILES string of the molecule is CCCCN(CCCC)c1nnc(CCCl)o1. The number of alkyl halides is 1. The molecule has 1 aromatic heterocycles. The summed E-state index contributed by atoms with van der Waals surface area (Å²) in [5, 5.41) is 8.09. The highest BCUT2D eigenvalue weighted by Gasteiger charge is 2.13. The van der Waals surface area contributed by atoms with Crippen LogP contribution in [0, 0.1) is 0 Å². The minimum atomic E-state index is 0.519. The molecule has 1 aromatic rings. The van der Waals surface area contributed by atoms with Gasteiger partial charge in [-0.2, -0.15) is 0 Å². The van der Waals surface area contributed by atoms with E-state index in [-0.39, 0.29) is 0 Å². The van der Waals surface area contributed by atoms with E-state index in [1.807, 2.05) is 0 Å². The van der Waals surface area contributed by atoms with E-state index in [1.54, 1.807) is 0 Å². The van der Waals surface area contributed by atoms with Crippen LogP contribution < -0.4 is 4.90 Å². The van der Waals surface area contributed by atoms with Crippen molar-refractivity contribution in [3.8, 4) is 0 Å². The van der Waals surface area contributed by atoms with E-state index in [0.717, 1.165) is 25.9 Å². The van der Waals surface area contributed by atoms with Crippen molar-refractivity contribution < 1.29 is 4.42 Å². The fourth-order valence-corrected chi connectivity index (χ4v) is 1.72. The molecule has 0 saturated heterocycles. The highest BCUT2D eigenvalue weighted by molar-refractivity contribution is 6.17. The lowest BCUT2D eigenvalue weighted by Gasteiger charge is -2.19. The van der Waals surface area contributed by atoms with Gasteiger partial charge in [0.2, 0.25) is 5.89 Å². The van der Waals surface area contributed by atoms with Gasteiger partial charge in [0.25, 0.3) is 0 Å². The number of nitrogens with zero attached hydrogens (tertiary/aromatic N) is 3. The molecule has 0 N–H and O–H groups in total. The summed E-state index contributed by atoms with van der Waals surface area (Å²) >= 11 is 5.65. The number of aromatic nitrogens is 2. The van der Waals surface area contributed by atoms with Crippen molar-refractivity contribution in [3.63, 3.8) is 0 Å². The second-order valence-corrected chi connectivity index (χ2v) is 4.49. The van der Waals surface area contributed by atoms with Gasteiger partial charge >= 0.3 is 6.01 Å². The molecular weight excluding hydrogens is 238 g/mol. The molecule has 0 fully saturated rings. The van der Waals surface area contributed by atoms with Crippen molar-refractivity contribution in [1.82, 2.24) is 10.2 Å². The molecule has 0 aliphatic heterocycles. The minimum Gasteiger partial charge on any atom is -0.408 e. The maximum atomic E-state index is 5.65. The Hall–Kier alpha value is -0.770. The van der Waals surface area contributed by atoms with Gasteiger partial charge in [0.1, 0.15) is 0 Å². The summed E-state index contributed by atoms with van der Waals surface area (Å²) in [6.45, 7) is 6.34. The van der Waals surface area contributed by atoms with Crippen LogP contribution in [0.4, 0.5) is 6.01 Å². The van der Waals surface area contributed by atoms with Gasteiger partial charge in [-0.3, -0.25) is 0 Å². The average molecular weight is 260 g/mol. The van der Waals surface area contributed by atoms with Crippen LogP contribution in [0.2, 0.25) is 0 Å². The summed E-state index contributed by atoms with van der Waals surface area (Å²) < 4.78 is 5.60. The zero-order valence-electron chi connectivity index (χ0n) is 10.8. The number of halogens is 1. The second kappa shape index (κ2) is 8.34. The third-order valence-electron chi connectivity index (χ3n) is 2.60. The van der Waals surface area contributed by atoms with Gasteiger partial charge in [0.15, 0.2) is 0 Å². The molecule has 0 amide bonds. The van der Waals surface area contributed by atoms with Gasteiger partial charge in [-0.25, -0.2) is 0 Å². The Balaban J connectivity index is 2.58. The summed E-state index contributed by atoms with van der Waals surface area (Å²) in [5.41, 5.74) is 0. The van der Waals surface area contributed by atoms with E-state index in [2.05, 4.69) is 28.9 Å². The molecule has 0 radical (unpaired) electrons. The first-order valence-corrected chi connectivity index (χ1v) is 6.98. The number of anilines is 1. The van der Waals surface area contributed by atoms with Crippen LogP contribution in [0.3, 0.4) is 0 Å². The summed E-state index contributed by atoms with van der Waals surface area (Å²) in [6, 6.07) is 0.645. The van der Waals surface area contributed by atoms with E-state index < -0.39 is 0 Å². The normalized spacial score (nSPS) is 10.8. The Morgan fingerprint density at radius 2 is 1.76 bits per heavy atom. The number of hydrogen-bond acceptors (Lipinski definition) is 4. The Bertz CT molecular complexity index is 296. The molecule has 1 heterocycles. The van der Waals surface area contributed by atoms with Crippen molar-refractivity contribution in [1.29, 1.82) is 0 Å². The van der Waals surface area contributed by atoms with Crippen LogP contribution in [0.1, 0.15) is 45.4 Å². The van der Waals surface area contributed by atoms with Gasteiger partial charge in [-0.15, -0.1) is 16.7 Å². The number of hydrogen-bond donors (Lipinski definition) is 0. The topological polar surface area (TPSA) is 42.2 Å². The fourth-order valence-electron chi connectivity index (χ4n) is 1.56. The van der Waals surface area contributed by atoms with Crippen LogP contribution in [0.15, 0.2) is 4.42 Å². The van der Waals surface area contributed by atoms with Crippen molar-refractivity contribution in [2.45, 2.75) is 46.0 Å². The maximum absolute atomic E-state index is 5.65. The Kier molecular flexibility index (Phi) is 7.01. The molecule has 0 atom stereocenters. The highest BCUT2D eigenvalue weighted by atomic mass is 35.5. The molecule has 0 saturated carbocycles. The Labute approximate surface area is 108 Å². The van der Waals surface area contributed by atoms with Crippen LogP contribution in [-0.4, -0.2) is 29.2 Å². The molecule has 5 heteroatoms. The monoisotopic (exact) mass is 259 g/mol. The smallest absolute Gasteiger partial charge is 0.318 e. The van der Waals surface area contributed by atoms with Crippen molar-refractivity contribution in [2.75, 3.05) is 23.9 Å². The van der Waals surface area contributed by atoms with Crippen molar-refractivity contribution in [3.05, 3.63) is 5.89 Å². The molecule has 0 spiro atoms. The van der Waals surface area contributed by atoms with Crippen LogP contribution >= 0.6 is 11.6 Å². The van der Waals surface area contributed by atoms with E-state index >= 15 is 0 Å². The largest absolute Gasteiger partial charge is 0.408 e. The van der Waals surface area contributed by atoms with E-state index in [0.29, 0.717) is 24.2 Å². The predicted molar refractivity (Wildman–Crippen MR) is 70.8 cm³/mol. The third-order valence-corrected chi connectivity index (χ3v) is 2.79. The number of rotatable bonds is 9. The van der Waals surface area contributed by atoms with E-state index in [1.165, 1.54) is 12.8 Å². The third kappa shape index (κ3) is 4.94. The lowest BCUT2D eigenvalue weighted by molar-refractivity contribution is 0.482.